The predicted molar refractivity (Wildman–Crippen MR) is 394 cm³/mol. The first-order valence-corrected chi connectivity index (χ1v) is 38.0. The van der Waals surface area contributed by atoms with Gasteiger partial charge in [0.15, 0.2) is 0 Å². The van der Waals surface area contributed by atoms with Crippen molar-refractivity contribution in [3.8, 4) is 0 Å². The number of carboxylic acid groups (broad SMARTS) is 1. The van der Waals surface area contributed by atoms with Crippen molar-refractivity contribution >= 4 is 41.8 Å². The van der Waals surface area contributed by atoms with Crippen molar-refractivity contribution < 1.29 is 114 Å². The molecule has 24 heteroatoms. The summed E-state index contributed by atoms with van der Waals surface area (Å²) in [6, 6.07) is 9.70. The highest BCUT2D eigenvalue weighted by Crippen LogP contribution is 2.42. The number of benzene rings is 1. The number of carbonyl (C=O) groups excluding carboxylic acids is 6. The second-order valence-corrected chi connectivity index (χ2v) is 30.9. The number of carboxylic acids is 1. The summed E-state index contributed by atoms with van der Waals surface area (Å²) in [6.07, 6.45) is 24.6. The van der Waals surface area contributed by atoms with Crippen LogP contribution in [0.3, 0.4) is 0 Å². The van der Waals surface area contributed by atoms with Gasteiger partial charge in [-0.2, -0.15) is 0 Å². The van der Waals surface area contributed by atoms with Gasteiger partial charge < -0.3 is 80.9 Å². The molecule has 7 fully saturated rings. The molecule has 1 N–H and O–H groups in total. The number of esters is 6. The Hall–Kier alpha value is -4.89. The third-order valence-electron chi connectivity index (χ3n) is 20.3. The zero-order valence-corrected chi connectivity index (χ0v) is 66.9. The molecule has 104 heavy (non-hydrogen) atoms. The third kappa shape index (κ3) is 32.5. The summed E-state index contributed by atoms with van der Waals surface area (Å²) in [4.78, 5) is 82.8. The molecule has 4 saturated carbocycles. The molecule has 0 aromatic heterocycles. The maximum Gasteiger partial charge on any atom is 0.315 e. The van der Waals surface area contributed by atoms with Crippen LogP contribution in [0.2, 0.25) is 0 Å². The quantitative estimate of drug-likeness (QED) is 0.0703. The fourth-order valence-electron chi connectivity index (χ4n) is 14.4. The molecule has 24 nitrogen and oxygen atoms in total. The van der Waals surface area contributed by atoms with Crippen LogP contribution in [0.5, 0.6) is 0 Å². The Morgan fingerprint density at radius 2 is 0.577 bits per heavy atom. The smallest absolute Gasteiger partial charge is 0.315 e. The fourth-order valence-corrected chi connectivity index (χ4v) is 14.4. The summed E-state index contributed by atoms with van der Waals surface area (Å²) < 4.78 is 83.2. The molecule has 3 heterocycles. The van der Waals surface area contributed by atoms with Gasteiger partial charge in [0.25, 0.3) is 0 Å². The maximum atomic E-state index is 12.3. The number of methoxy groups -OCH3 is 8. The van der Waals surface area contributed by atoms with E-state index in [0.717, 1.165) is 108 Å². The molecule has 1 aromatic carbocycles. The van der Waals surface area contributed by atoms with E-state index in [9.17, 15) is 33.6 Å². The lowest BCUT2D eigenvalue weighted by atomic mass is 9.74. The monoisotopic (exact) mass is 1480 g/mol. The molecule has 4 aliphatic carbocycles. The minimum atomic E-state index is -0.691. The zero-order chi connectivity index (χ0) is 77.7. The van der Waals surface area contributed by atoms with Gasteiger partial charge in [-0.25, -0.2) is 0 Å². The number of rotatable bonds is 25. The molecule has 8 rings (SSSR count). The van der Waals surface area contributed by atoms with Gasteiger partial charge >= 0.3 is 41.8 Å². The standard InChI is InChI=1S/C15H20O4.C13H24O3.C12H22O4.C11H20O3.C10H18O4.C10H18O3.C9H16O3/c1-17-12-15(7-9-18-10-8-15)14(16)19-11-13-5-3-2-4-6-13;1-12(2,3)16-11(14)13(10-15-4)8-6-5-7-9-13;1-11(2,3)16-10(13)12(9-14-4)5-7-15-8-6-12;1-3-14-10(12)11(9-13-2)7-5-4-6-8-11;1-3-14-9(11)10(8-12-2)4-6-13-7-5-10;1-12-8-10(9(11)13-2)6-4-3-5-7-10;1-12-7-9(8(10)11)5-3-2-4-6-9/h2-6H,7-12H2,1H3;5-10H2,1-4H3;5-9H2,1-4H3;3-9H2,1-2H3;3-8H2,1-2H3;3-8H2,1-2H3;2-7H2,1H3,(H,10,11). The van der Waals surface area contributed by atoms with Crippen LogP contribution in [0.1, 0.15) is 228 Å². The lowest BCUT2D eigenvalue weighted by Crippen LogP contribution is -2.44. The van der Waals surface area contributed by atoms with Crippen molar-refractivity contribution in [1.29, 1.82) is 0 Å². The van der Waals surface area contributed by atoms with Crippen LogP contribution in [0, 0.1) is 37.9 Å². The lowest BCUT2D eigenvalue weighted by molar-refractivity contribution is -0.178. The molecular formula is C80H138O24. The summed E-state index contributed by atoms with van der Waals surface area (Å²) in [5, 5.41) is 9.04. The molecule has 7 aliphatic rings. The summed E-state index contributed by atoms with van der Waals surface area (Å²) >= 11 is 0. The molecule has 1 aromatic rings. The molecule has 0 bridgehead atoms. The first-order chi connectivity index (χ1) is 49.5. The average Bonchev–Trinajstić information content (AvgIpc) is 0.831. The Bertz CT molecular complexity index is 2380. The second-order valence-electron chi connectivity index (χ2n) is 30.9. The van der Waals surface area contributed by atoms with Crippen molar-refractivity contribution in [1.82, 2.24) is 0 Å². The van der Waals surface area contributed by atoms with Crippen LogP contribution in [0.25, 0.3) is 0 Å². The van der Waals surface area contributed by atoms with Gasteiger partial charge in [0.05, 0.1) is 104 Å². The van der Waals surface area contributed by atoms with Crippen molar-refractivity contribution in [3.63, 3.8) is 0 Å². The predicted octanol–water partition coefficient (Wildman–Crippen LogP) is 13.4. The molecule has 0 amide bonds. The number of aliphatic carboxylic acids is 1. The minimum absolute atomic E-state index is 0.0680. The number of ether oxygens (including phenoxy) is 16. The zero-order valence-electron chi connectivity index (χ0n) is 66.9. The molecule has 0 spiro atoms. The van der Waals surface area contributed by atoms with Gasteiger partial charge in [0.2, 0.25) is 0 Å². The maximum absolute atomic E-state index is 12.3. The molecule has 3 saturated heterocycles. The van der Waals surface area contributed by atoms with E-state index >= 15 is 0 Å². The Morgan fingerprint density at radius 3 is 0.837 bits per heavy atom. The largest absolute Gasteiger partial charge is 0.481 e. The van der Waals surface area contributed by atoms with Crippen LogP contribution in [0.15, 0.2) is 30.3 Å². The normalized spacial score (nSPS) is 20.3. The summed E-state index contributed by atoms with van der Waals surface area (Å²) in [5.41, 5.74) is -3.04. The van der Waals surface area contributed by atoms with Crippen LogP contribution in [-0.2, 0) is 116 Å². The van der Waals surface area contributed by atoms with Gasteiger partial charge in [-0.1, -0.05) is 107 Å². The van der Waals surface area contributed by atoms with Crippen molar-refractivity contribution in [2.45, 2.75) is 240 Å². The Kier molecular flexibility index (Phi) is 45.7. The van der Waals surface area contributed by atoms with E-state index in [-0.39, 0.29) is 52.1 Å². The van der Waals surface area contributed by atoms with Gasteiger partial charge in [0.1, 0.15) is 17.8 Å². The summed E-state index contributed by atoms with van der Waals surface area (Å²) in [7, 11) is 12.8. The van der Waals surface area contributed by atoms with E-state index in [4.69, 9.17) is 80.9 Å². The molecule has 3 aliphatic heterocycles. The van der Waals surface area contributed by atoms with E-state index in [1.807, 2.05) is 85.7 Å². The van der Waals surface area contributed by atoms with Gasteiger partial charge in [-0.15, -0.1) is 0 Å². The third-order valence-corrected chi connectivity index (χ3v) is 20.3. The Balaban J connectivity index is 0.000000414. The second kappa shape index (κ2) is 49.9. The molecule has 0 radical (unpaired) electrons. The van der Waals surface area contributed by atoms with E-state index in [1.54, 1.807) is 49.8 Å². The highest BCUT2D eigenvalue weighted by molar-refractivity contribution is 5.80. The van der Waals surface area contributed by atoms with E-state index in [2.05, 4.69) is 0 Å². The van der Waals surface area contributed by atoms with Crippen molar-refractivity contribution in [2.75, 3.05) is 156 Å². The Labute approximate surface area is 623 Å². The summed E-state index contributed by atoms with van der Waals surface area (Å²) in [6.45, 7) is 22.9. The van der Waals surface area contributed by atoms with E-state index in [1.165, 1.54) is 32.8 Å². The Morgan fingerprint density at radius 1 is 0.337 bits per heavy atom. The van der Waals surface area contributed by atoms with Gasteiger partial charge in [-0.3, -0.25) is 33.6 Å². The number of hydrogen-bond donors (Lipinski definition) is 1. The minimum Gasteiger partial charge on any atom is -0.481 e. The van der Waals surface area contributed by atoms with E-state index < -0.39 is 38.8 Å². The van der Waals surface area contributed by atoms with Crippen LogP contribution >= 0.6 is 0 Å². The van der Waals surface area contributed by atoms with Crippen molar-refractivity contribution in [3.05, 3.63) is 35.9 Å². The van der Waals surface area contributed by atoms with Crippen LogP contribution < -0.4 is 0 Å². The highest BCUT2D eigenvalue weighted by atomic mass is 16.6. The molecule has 0 unspecified atom stereocenters. The van der Waals surface area contributed by atoms with Crippen molar-refractivity contribution in [2.24, 2.45) is 37.9 Å². The van der Waals surface area contributed by atoms with Gasteiger partial charge in [-0.05, 0) is 151 Å². The first-order valence-electron chi connectivity index (χ1n) is 38.0. The molecule has 0 atom stereocenters. The molecule has 602 valence electrons. The lowest BCUT2D eigenvalue weighted by Gasteiger charge is -2.36. The fraction of sp³-hybridized carbons (Fsp3) is 0.838. The van der Waals surface area contributed by atoms with Crippen LogP contribution in [-0.4, -0.2) is 214 Å². The summed E-state index contributed by atoms with van der Waals surface area (Å²) in [5.74, 6) is -1.43. The van der Waals surface area contributed by atoms with Gasteiger partial charge in [0, 0.05) is 89.4 Å². The average molecular weight is 1480 g/mol. The molecular weight excluding hydrogens is 1340 g/mol. The highest BCUT2D eigenvalue weighted by Gasteiger charge is 2.47. The van der Waals surface area contributed by atoms with Crippen LogP contribution in [0.4, 0.5) is 0 Å². The first kappa shape index (κ1) is 95.2. The topological polar surface area (TPSA) is 287 Å². The van der Waals surface area contributed by atoms with E-state index in [0.29, 0.717) is 144 Å². The number of carbonyl (C=O) groups is 7. The number of hydrogen-bond acceptors (Lipinski definition) is 23. The SMILES string of the molecule is CCOC(=O)C1(COC)CCCCC1.CCOC(=O)C1(COC)CCOCC1.COCC1(C(=O)O)CCCCC1.COCC1(C(=O)OC(C)(C)C)CCCCC1.COCC1(C(=O)OC(C)(C)C)CCOCC1.COCC1(C(=O)OC)CCCCC1.COCC1(C(=O)OCc2ccccc2)CCOCC1.